The summed E-state index contributed by atoms with van der Waals surface area (Å²) in [6, 6.07) is 4.73. The molecule has 0 saturated heterocycles. The molecular formula is C12H17ClN2O3. The first-order valence-corrected chi connectivity index (χ1v) is 5.90. The average Bonchev–Trinajstić information content (AvgIpc) is 2.17. The predicted octanol–water partition coefficient (Wildman–Crippen LogP) is 2.45. The van der Waals surface area contributed by atoms with Gasteiger partial charge in [-0.05, 0) is 32.5 Å². The number of halogens is 1. The zero-order valence-electron chi connectivity index (χ0n) is 10.7. The number of likely N-dealkylation sites (N-methyl/N-ethyl adjacent to an activating group) is 1. The molecule has 1 aromatic rings. The van der Waals surface area contributed by atoms with Crippen molar-refractivity contribution in [1.82, 2.24) is 4.90 Å². The smallest absolute Gasteiger partial charge is 0.288 e. The van der Waals surface area contributed by atoms with Crippen LogP contribution in [0.4, 0.5) is 5.69 Å². The van der Waals surface area contributed by atoms with Crippen LogP contribution >= 0.6 is 11.6 Å². The Labute approximate surface area is 111 Å². The first kappa shape index (κ1) is 14.9. The van der Waals surface area contributed by atoms with Gasteiger partial charge in [0, 0.05) is 19.2 Å². The average molecular weight is 273 g/mol. The summed E-state index contributed by atoms with van der Waals surface area (Å²) >= 11 is 5.74. The number of benzene rings is 1. The van der Waals surface area contributed by atoms with Gasteiger partial charge in [-0.3, -0.25) is 15.0 Å². The minimum atomic E-state index is -0.799. The normalized spacial score (nSPS) is 11.9. The molecule has 1 aromatic carbocycles. The van der Waals surface area contributed by atoms with E-state index in [1.54, 1.807) is 19.9 Å². The van der Waals surface area contributed by atoms with E-state index in [1.807, 2.05) is 11.9 Å². The quantitative estimate of drug-likeness (QED) is 0.660. The number of nitrogens with zero attached hydrogens (tertiary/aromatic N) is 2. The monoisotopic (exact) mass is 272 g/mol. The van der Waals surface area contributed by atoms with E-state index in [2.05, 4.69) is 0 Å². The molecule has 5 nitrogen and oxygen atoms in total. The van der Waals surface area contributed by atoms with Crippen molar-refractivity contribution >= 4 is 17.3 Å². The van der Waals surface area contributed by atoms with Crippen LogP contribution in [0.3, 0.4) is 0 Å². The van der Waals surface area contributed by atoms with Gasteiger partial charge in [0.05, 0.1) is 10.5 Å². The third kappa shape index (κ3) is 4.60. The molecular weight excluding hydrogens is 256 g/mol. The third-order valence-electron chi connectivity index (χ3n) is 2.32. The Morgan fingerprint density at radius 3 is 2.61 bits per heavy atom. The van der Waals surface area contributed by atoms with Gasteiger partial charge in [0.25, 0.3) is 5.69 Å². The Morgan fingerprint density at radius 1 is 1.50 bits per heavy atom. The Bertz CT molecular complexity index is 443. The molecule has 0 radical (unpaired) electrons. The summed E-state index contributed by atoms with van der Waals surface area (Å²) in [4.78, 5) is 12.2. The first-order chi connectivity index (χ1) is 8.19. The van der Waals surface area contributed by atoms with Gasteiger partial charge >= 0.3 is 0 Å². The highest BCUT2D eigenvalue weighted by molar-refractivity contribution is 6.32. The van der Waals surface area contributed by atoms with Gasteiger partial charge in [-0.15, -0.1) is 0 Å². The van der Waals surface area contributed by atoms with E-state index in [-0.39, 0.29) is 10.7 Å². The Morgan fingerprint density at radius 2 is 2.11 bits per heavy atom. The molecule has 100 valence electrons. The van der Waals surface area contributed by atoms with Crippen LogP contribution in [-0.4, -0.2) is 34.1 Å². The third-order valence-corrected chi connectivity index (χ3v) is 2.64. The molecule has 1 rings (SSSR count). The second-order valence-electron chi connectivity index (χ2n) is 5.03. The van der Waals surface area contributed by atoms with E-state index in [4.69, 9.17) is 11.6 Å². The minimum Gasteiger partial charge on any atom is -0.389 e. The summed E-state index contributed by atoms with van der Waals surface area (Å²) in [5.74, 6) is 0. The van der Waals surface area contributed by atoms with E-state index in [1.165, 1.54) is 12.1 Å². The number of hydrogen-bond donors (Lipinski definition) is 1. The zero-order chi connectivity index (χ0) is 13.9. The van der Waals surface area contributed by atoms with Crippen LogP contribution in [0, 0.1) is 10.1 Å². The van der Waals surface area contributed by atoms with Gasteiger partial charge < -0.3 is 5.11 Å². The second kappa shape index (κ2) is 5.65. The summed E-state index contributed by atoms with van der Waals surface area (Å²) in [6.07, 6.45) is 0. The standard InChI is InChI=1S/C12H17ClN2O3/c1-12(2,16)8-14(3)7-9-4-5-10(13)11(6-9)15(17)18/h4-6,16H,7-8H2,1-3H3. The van der Waals surface area contributed by atoms with Gasteiger partial charge in [-0.25, -0.2) is 0 Å². The van der Waals surface area contributed by atoms with Crippen molar-refractivity contribution in [3.63, 3.8) is 0 Å². The molecule has 0 unspecified atom stereocenters. The van der Waals surface area contributed by atoms with Crippen LogP contribution in [0.2, 0.25) is 5.02 Å². The summed E-state index contributed by atoms with van der Waals surface area (Å²) in [7, 11) is 1.85. The van der Waals surface area contributed by atoms with Gasteiger partial charge in [0.2, 0.25) is 0 Å². The van der Waals surface area contributed by atoms with E-state index < -0.39 is 10.5 Å². The predicted molar refractivity (Wildman–Crippen MR) is 70.7 cm³/mol. The highest BCUT2D eigenvalue weighted by atomic mass is 35.5. The van der Waals surface area contributed by atoms with Crippen molar-refractivity contribution in [3.05, 3.63) is 38.9 Å². The fourth-order valence-corrected chi connectivity index (χ4v) is 2.01. The van der Waals surface area contributed by atoms with Crippen LogP contribution < -0.4 is 0 Å². The number of hydrogen-bond acceptors (Lipinski definition) is 4. The van der Waals surface area contributed by atoms with Gasteiger partial charge in [-0.1, -0.05) is 17.7 Å². The lowest BCUT2D eigenvalue weighted by atomic mass is 10.1. The maximum atomic E-state index is 10.8. The van der Waals surface area contributed by atoms with Gasteiger partial charge in [0.1, 0.15) is 5.02 Å². The van der Waals surface area contributed by atoms with Crippen molar-refractivity contribution in [3.8, 4) is 0 Å². The SMILES string of the molecule is CN(Cc1ccc(Cl)c([N+](=O)[O-])c1)CC(C)(C)O. The fraction of sp³-hybridized carbons (Fsp3) is 0.500. The maximum absolute atomic E-state index is 10.8. The molecule has 0 aromatic heterocycles. The van der Waals surface area contributed by atoms with Crippen molar-refractivity contribution in [2.24, 2.45) is 0 Å². The Kier molecular flexibility index (Phi) is 4.67. The molecule has 0 saturated carbocycles. The van der Waals surface area contributed by atoms with Crippen molar-refractivity contribution in [2.45, 2.75) is 26.0 Å². The lowest BCUT2D eigenvalue weighted by Gasteiger charge is -2.25. The molecule has 0 amide bonds. The summed E-state index contributed by atoms with van der Waals surface area (Å²) in [5.41, 5.74) is -0.101. The molecule has 0 bridgehead atoms. The molecule has 0 aliphatic carbocycles. The molecule has 0 spiro atoms. The van der Waals surface area contributed by atoms with E-state index in [0.717, 1.165) is 5.56 Å². The molecule has 0 atom stereocenters. The molecule has 1 N–H and O–H groups in total. The Hall–Kier alpha value is -1.17. The van der Waals surface area contributed by atoms with Gasteiger partial charge in [-0.2, -0.15) is 0 Å². The van der Waals surface area contributed by atoms with Crippen LogP contribution in [-0.2, 0) is 6.54 Å². The number of rotatable bonds is 5. The molecule has 0 aliphatic rings. The maximum Gasteiger partial charge on any atom is 0.288 e. The highest BCUT2D eigenvalue weighted by Crippen LogP contribution is 2.25. The molecule has 0 heterocycles. The molecule has 18 heavy (non-hydrogen) atoms. The zero-order valence-corrected chi connectivity index (χ0v) is 11.4. The minimum absolute atomic E-state index is 0.0918. The van der Waals surface area contributed by atoms with Crippen LogP contribution in [0.25, 0.3) is 0 Å². The topological polar surface area (TPSA) is 66.6 Å². The van der Waals surface area contributed by atoms with Crippen molar-refractivity contribution in [2.75, 3.05) is 13.6 Å². The summed E-state index contributed by atoms with van der Waals surface area (Å²) in [6.45, 7) is 4.42. The molecule has 6 heteroatoms. The van der Waals surface area contributed by atoms with Crippen LogP contribution in [0.1, 0.15) is 19.4 Å². The van der Waals surface area contributed by atoms with Crippen molar-refractivity contribution < 1.29 is 10.0 Å². The fourth-order valence-electron chi connectivity index (χ4n) is 1.82. The van der Waals surface area contributed by atoms with Crippen molar-refractivity contribution in [1.29, 1.82) is 0 Å². The molecule has 0 aliphatic heterocycles. The number of nitro benzene ring substituents is 1. The van der Waals surface area contributed by atoms with E-state index in [9.17, 15) is 15.2 Å². The second-order valence-corrected chi connectivity index (χ2v) is 5.43. The highest BCUT2D eigenvalue weighted by Gasteiger charge is 2.17. The van der Waals surface area contributed by atoms with E-state index >= 15 is 0 Å². The number of aliphatic hydroxyl groups is 1. The lowest BCUT2D eigenvalue weighted by Crippen LogP contribution is -2.35. The first-order valence-electron chi connectivity index (χ1n) is 5.53. The van der Waals surface area contributed by atoms with Gasteiger partial charge in [0.15, 0.2) is 0 Å². The van der Waals surface area contributed by atoms with Crippen LogP contribution in [0.5, 0.6) is 0 Å². The molecule has 0 fully saturated rings. The largest absolute Gasteiger partial charge is 0.389 e. The summed E-state index contributed by atoms with van der Waals surface area (Å²) in [5, 5.41) is 20.6. The van der Waals surface area contributed by atoms with E-state index in [0.29, 0.717) is 13.1 Å². The van der Waals surface area contributed by atoms with Crippen LogP contribution in [0.15, 0.2) is 18.2 Å². The summed E-state index contributed by atoms with van der Waals surface area (Å²) < 4.78 is 0. The Balaban J connectivity index is 2.80. The number of nitro groups is 1. The lowest BCUT2D eigenvalue weighted by molar-refractivity contribution is -0.384.